The molecule has 1 aromatic rings. The van der Waals surface area contributed by atoms with Crippen LogP contribution in [-0.2, 0) is 4.74 Å². The van der Waals surface area contributed by atoms with Crippen molar-refractivity contribution in [2.24, 2.45) is 0 Å². The maximum atomic E-state index is 11.9. The molecule has 23 heavy (non-hydrogen) atoms. The van der Waals surface area contributed by atoms with Crippen molar-refractivity contribution in [3.8, 4) is 0 Å². The summed E-state index contributed by atoms with van der Waals surface area (Å²) in [7, 11) is 0. The number of nitrogens with zero attached hydrogens (tertiary/aromatic N) is 1. The minimum Gasteiger partial charge on any atom is -0.368 e. The molecular weight excluding hydrogens is 313 g/mol. The number of hydrogen-bond donors (Lipinski definition) is 1. The average molecular weight is 330 g/mol. The van der Waals surface area contributed by atoms with E-state index in [4.69, 9.17) is 0 Å². The monoisotopic (exact) mass is 330 g/mol. The number of nitro groups is 1. The number of hydrogen-bond acceptors (Lipinski definition) is 4. The topological polar surface area (TPSA) is 64.4 Å². The molecule has 0 atom stereocenters. The van der Waals surface area contributed by atoms with Crippen molar-refractivity contribution >= 4 is 11.4 Å². The van der Waals surface area contributed by atoms with Gasteiger partial charge in [0.2, 0.25) is 0 Å². The Bertz CT molecular complexity index is 610. The van der Waals surface area contributed by atoms with Crippen LogP contribution in [0, 0.1) is 17.0 Å². The summed E-state index contributed by atoms with van der Waals surface area (Å²) in [6, 6.07) is 4.64. The number of allylic oxidation sites excluding steroid dienone is 2. The van der Waals surface area contributed by atoms with Crippen LogP contribution < -0.4 is 5.32 Å². The summed E-state index contributed by atoms with van der Waals surface area (Å²) in [5, 5.41) is 13.9. The molecule has 0 aromatic heterocycles. The van der Waals surface area contributed by atoms with Gasteiger partial charge in [0.1, 0.15) is 12.3 Å². The van der Waals surface area contributed by atoms with Crippen LogP contribution in [0.15, 0.2) is 42.1 Å². The summed E-state index contributed by atoms with van der Waals surface area (Å²) < 4.78 is 40.2. The summed E-state index contributed by atoms with van der Waals surface area (Å²) in [5.41, 5.74) is 1.57. The van der Waals surface area contributed by atoms with Gasteiger partial charge in [-0.15, -0.1) is 0 Å². The number of nitro benzene ring substituents is 1. The SMILES string of the molecule is C/C=C(\C=C/COCC(F)(F)F)Nc1cc(C)ccc1[N+](=O)[O-]. The quantitative estimate of drug-likeness (QED) is 0.349. The van der Waals surface area contributed by atoms with Gasteiger partial charge in [-0.25, -0.2) is 0 Å². The van der Waals surface area contributed by atoms with E-state index in [2.05, 4.69) is 10.1 Å². The average Bonchev–Trinajstić information content (AvgIpc) is 2.44. The number of rotatable bonds is 7. The van der Waals surface area contributed by atoms with Gasteiger partial charge < -0.3 is 10.1 Å². The molecule has 0 aliphatic rings. The summed E-state index contributed by atoms with van der Waals surface area (Å²) >= 11 is 0. The largest absolute Gasteiger partial charge is 0.411 e. The third kappa shape index (κ3) is 6.96. The lowest BCUT2D eigenvalue weighted by atomic mass is 10.2. The first kappa shape index (κ1) is 18.7. The smallest absolute Gasteiger partial charge is 0.368 e. The molecule has 0 unspecified atom stereocenters. The number of anilines is 1. The van der Waals surface area contributed by atoms with Crippen LogP contribution in [0.3, 0.4) is 0 Å². The second-order valence-corrected chi connectivity index (χ2v) is 4.68. The van der Waals surface area contributed by atoms with Crippen LogP contribution in [0.4, 0.5) is 24.5 Å². The van der Waals surface area contributed by atoms with Crippen LogP contribution in [0.5, 0.6) is 0 Å². The van der Waals surface area contributed by atoms with E-state index >= 15 is 0 Å². The van der Waals surface area contributed by atoms with Crippen LogP contribution >= 0.6 is 0 Å². The van der Waals surface area contributed by atoms with E-state index in [-0.39, 0.29) is 12.3 Å². The highest BCUT2D eigenvalue weighted by Crippen LogP contribution is 2.26. The van der Waals surface area contributed by atoms with E-state index in [0.29, 0.717) is 11.4 Å². The van der Waals surface area contributed by atoms with E-state index in [1.54, 1.807) is 32.1 Å². The van der Waals surface area contributed by atoms with Crippen molar-refractivity contribution in [3.05, 3.63) is 57.8 Å². The normalized spacial score (nSPS) is 12.7. The Morgan fingerprint density at radius 3 is 2.70 bits per heavy atom. The van der Waals surface area contributed by atoms with Crippen molar-refractivity contribution in [2.45, 2.75) is 20.0 Å². The molecule has 0 aliphatic heterocycles. The number of alkyl halides is 3. The lowest BCUT2D eigenvalue weighted by Gasteiger charge is -2.09. The van der Waals surface area contributed by atoms with Crippen molar-refractivity contribution in [1.29, 1.82) is 0 Å². The molecule has 1 N–H and O–H groups in total. The Labute approximate surface area is 131 Å². The molecule has 0 heterocycles. The van der Waals surface area contributed by atoms with Gasteiger partial charge >= 0.3 is 6.18 Å². The number of aryl methyl sites for hydroxylation is 1. The maximum absolute atomic E-state index is 11.9. The standard InChI is InChI=1S/C15H17F3N2O3/c1-3-12(5-4-8-23-10-15(16,17)18)19-13-9-11(2)6-7-14(13)20(21)22/h3-7,9,19H,8,10H2,1-2H3/b5-4-,12-3+. The summed E-state index contributed by atoms with van der Waals surface area (Å²) in [5.74, 6) is 0. The van der Waals surface area contributed by atoms with Crippen molar-refractivity contribution < 1.29 is 22.8 Å². The van der Waals surface area contributed by atoms with Gasteiger partial charge in [-0.1, -0.05) is 18.2 Å². The Hall–Kier alpha value is -2.35. The highest BCUT2D eigenvalue weighted by Gasteiger charge is 2.26. The Kier molecular flexibility index (Phi) is 6.77. The van der Waals surface area contributed by atoms with Gasteiger partial charge in [-0.05, 0) is 31.6 Å². The highest BCUT2D eigenvalue weighted by atomic mass is 19.4. The molecule has 0 bridgehead atoms. The van der Waals surface area contributed by atoms with Gasteiger partial charge in [0.15, 0.2) is 0 Å². The predicted octanol–water partition coefficient (Wildman–Crippen LogP) is 4.35. The molecular formula is C15H17F3N2O3. The minimum atomic E-state index is -4.36. The molecule has 0 radical (unpaired) electrons. The zero-order chi connectivity index (χ0) is 17.5. The molecule has 5 nitrogen and oxygen atoms in total. The van der Waals surface area contributed by atoms with Gasteiger partial charge in [-0.3, -0.25) is 10.1 Å². The predicted molar refractivity (Wildman–Crippen MR) is 81.2 cm³/mol. The third-order valence-electron chi connectivity index (χ3n) is 2.72. The van der Waals surface area contributed by atoms with Gasteiger partial charge in [0.05, 0.1) is 11.5 Å². The number of benzene rings is 1. The number of ether oxygens (including phenoxy) is 1. The van der Waals surface area contributed by atoms with E-state index in [0.717, 1.165) is 5.56 Å². The summed E-state index contributed by atoms with van der Waals surface area (Å²) in [4.78, 5) is 10.5. The molecule has 0 saturated heterocycles. The molecule has 0 aliphatic carbocycles. The summed E-state index contributed by atoms with van der Waals surface area (Å²) in [6.45, 7) is 1.96. The van der Waals surface area contributed by atoms with E-state index in [1.807, 2.05) is 0 Å². The first-order valence-corrected chi connectivity index (χ1v) is 6.72. The zero-order valence-corrected chi connectivity index (χ0v) is 12.7. The Morgan fingerprint density at radius 1 is 1.43 bits per heavy atom. The first-order valence-electron chi connectivity index (χ1n) is 6.72. The maximum Gasteiger partial charge on any atom is 0.411 e. The Morgan fingerprint density at radius 2 is 2.13 bits per heavy atom. The molecule has 0 fully saturated rings. The molecule has 0 saturated carbocycles. The first-order chi connectivity index (χ1) is 10.7. The van der Waals surface area contributed by atoms with Crippen LogP contribution in [-0.4, -0.2) is 24.3 Å². The van der Waals surface area contributed by atoms with Gasteiger partial charge in [0, 0.05) is 11.8 Å². The van der Waals surface area contributed by atoms with E-state index < -0.39 is 17.7 Å². The van der Waals surface area contributed by atoms with Crippen LogP contribution in [0.25, 0.3) is 0 Å². The second-order valence-electron chi connectivity index (χ2n) is 4.68. The fourth-order valence-corrected chi connectivity index (χ4v) is 1.69. The molecule has 0 spiro atoms. The summed E-state index contributed by atoms with van der Waals surface area (Å²) in [6.07, 6.45) is 0.183. The molecule has 1 rings (SSSR count). The van der Waals surface area contributed by atoms with Crippen LogP contribution in [0.2, 0.25) is 0 Å². The van der Waals surface area contributed by atoms with Crippen molar-refractivity contribution in [2.75, 3.05) is 18.5 Å². The van der Waals surface area contributed by atoms with E-state index in [1.165, 1.54) is 18.2 Å². The lowest BCUT2D eigenvalue weighted by Crippen LogP contribution is -2.16. The van der Waals surface area contributed by atoms with Crippen molar-refractivity contribution in [3.63, 3.8) is 0 Å². The highest BCUT2D eigenvalue weighted by molar-refractivity contribution is 5.66. The van der Waals surface area contributed by atoms with Gasteiger partial charge in [0.25, 0.3) is 5.69 Å². The number of halogens is 3. The number of nitrogens with one attached hydrogen (secondary N) is 1. The third-order valence-corrected chi connectivity index (χ3v) is 2.72. The zero-order valence-electron chi connectivity index (χ0n) is 12.7. The minimum absolute atomic E-state index is 0.0864. The molecule has 8 heteroatoms. The second kappa shape index (κ2) is 8.33. The molecule has 126 valence electrons. The van der Waals surface area contributed by atoms with E-state index in [9.17, 15) is 23.3 Å². The fraction of sp³-hybridized carbons (Fsp3) is 0.333. The van der Waals surface area contributed by atoms with Crippen molar-refractivity contribution in [1.82, 2.24) is 0 Å². The lowest BCUT2D eigenvalue weighted by molar-refractivity contribution is -0.383. The Balaban J connectivity index is 2.71. The molecule has 1 aromatic carbocycles. The molecule has 0 amide bonds. The van der Waals surface area contributed by atoms with Gasteiger partial charge in [-0.2, -0.15) is 13.2 Å². The fourth-order valence-electron chi connectivity index (χ4n) is 1.69. The van der Waals surface area contributed by atoms with Crippen LogP contribution in [0.1, 0.15) is 12.5 Å².